The number of hydrogen-bond donors (Lipinski definition) is 1. The Morgan fingerprint density at radius 2 is 2.19 bits per heavy atom. The lowest BCUT2D eigenvalue weighted by Gasteiger charge is -2.06. The molecule has 1 N–H and O–H groups in total. The molecule has 8 heteroatoms. The predicted molar refractivity (Wildman–Crippen MR) is 76.3 cm³/mol. The predicted octanol–water partition coefficient (Wildman–Crippen LogP) is 2.55. The van der Waals surface area contributed by atoms with Gasteiger partial charge in [-0.25, -0.2) is 0 Å². The van der Waals surface area contributed by atoms with E-state index in [-0.39, 0.29) is 18.0 Å². The van der Waals surface area contributed by atoms with Gasteiger partial charge in [0.2, 0.25) is 0 Å². The quantitative estimate of drug-likeness (QED) is 0.675. The summed E-state index contributed by atoms with van der Waals surface area (Å²) in [5.74, 6) is -0.476. The monoisotopic (exact) mass is 303 g/mol. The van der Waals surface area contributed by atoms with Crippen molar-refractivity contribution in [2.24, 2.45) is 0 Å². The zero-order chi connectivity index (χ0) is 15.2. The number of rotatable bonds is 5. The van der Waals surface area contributed by atoms with Gasteiger partial charge < -0.3 is 10.1 Å². The van der Waals surface area contributed by atoms with E-state index in [0.717, 1.165) is 0 Å². The molecule has 0 bridgehead atoms. The summed E-state index contributed by atoms with van der Waals surface area (Å²) in [5, 5.41) is 24.2. The molecule has 0 saturated heterocycles. The van der Waals surface area contributed by atoms with E-state index in [1.165, 1.54) is 29.5 Å². The highest BCUT2D eigenvalue weighted by molar-refractivity contribution is 7.14. The number of hydrogen-bond acceptors (Lipinski definition) is 6. The number of nitro benzene ring substituents is 1. The summed E-state index contributed by atoms with van der Waals surface area (Å²) in [5.41, 5.74) is 0.151. The molecule has 2 rings (SSSR count). The molecular formula is C13H9N3O4S. The second kappa shape index (κ2) is 6.49. The first-order valence-electron chi connectivity index (χ1n) is 5.75. The molecule has 0 saturated carbocycles. The van der Waals surface area contributed by atoms with Crippen molar-refractivity contribution in [3.8, 4) is 11.8 Å². The van der Waals surface area contributed by atoms with Crippen LogP contribution in [0.4, 0.5) is 10.7 Å². The molecule has 0 radical (unpaired) electrons. The van der Waals surface area contributed by atoms with Crippen LogP contribution in [0.15, 0.2) is 35.7 Å². The third kappa shape index (κ3) is 3.55. The fourth-order valence-corrected chi connectivity index (χ4v) is 2.28. The number of benzene rings is 1. The number of amides is 1. The van der Waals surface area contributed by atoms with E-state index in [9.17, 15) is 14.9 Å². The van der Waals surface area contributed by atoms with Crippen LogP contribution in [-0.4, -0.2) is 17.4 Å². The number of carbonyl (C=O) groups is 1. The van der Waals surface area contributed by atoms with Crippen molar-refractivity contribution < 1.29 is 14.5 Å². The molecule has 0 spiro atoms. The molecule has 0 fully saturated rings. The average molecular weight is 303 g/mol. The molecule has 0 aliphatic rings. The standard InChI is InChI=1S/C13H9N3O4S/c14-7-9-5-6-21-13(9)15-12(17)8-20-11-4-2-1-3-10(11)16(18)19/h1-6H,8H2,(H,15,17). The fraction of sp³-hybridized carbons (Fsp3) is 0.0769. The van der Waals surface area contributed by atoms with Crippen LogP contribution in [0, 0.1) is 21.4 Å². The summed E-state index contributed by atoms with van der Waals surface area (Å²) in [6.45, 7) is -0.381. The number of thiophene rings is 1. The van der Waals surface area contributed by atoms with Crippen molar-refractivity contribution >= 4 is 27.9 Å². The first kappa shape index (κ1) is 14.5. The molecule has 1 heterocycles. The van der Waals surface area contributed by atoms with Crippen molar-refractivity contribution in [2.45, 2.75) is 0 Å². The van der Waals surface area contributed by atoms with Gasteiger partial charge in [-0.2, -0.15) is 5.26 Å². The van der Waals surface area contributed by atoms with E-state index in [2.05, 4.69) is 5.32 Å². The second-order valence-corrected chi connectivity index (χ2v) is 4.75. The minimum absolute atomic E-state index is 0.0179. The molecule has 106 valence electrons. The zero-order valence-electron chi connectivity index (χ0n) is 10.6. The van der Waals surface area contributed by atoms with E-state index in [0.29, 0.717) is 10.6 Å². The maximum atomic E-state index is 11.7. The minimum Gasteiger partial charge on any atom is -0.477 e. The molecule has 1 amide bonds. The molecule has 21 heavy (non-hydrogen) atoms. The average Bonchev–Trinajstić information content (AvgIpc) is 2.92. The van der Waals surface area contributed by atoms with Gasteiger partial charge in [0.25, 0.3) is 5.91 Å². The molecule has 0 aliphatic carbocycles. The van der Waals surface area contributed by atoms with Crippen LogP contribution in [0.2, 0.25) is 0 Å². The molecule has 1 aromatic carbocycles. The Balaban J connectivity index is 1.99. The van der Waals surface area contributed by atoms with Crippen LogP contribution in [0.1, 0.15) is 5.56 Å². The van der Waals surface area contributed by atoms with Crippen LogP contribution in [-0.2, 0) is 4.79 Å². The number of nitro groups is 1. The molecule has 1 aromatic heterocycles. The summed E-state index contributed by atoms with van der Waals surface area (Å²) >= 11 is 1.21. The Morgan fingerprint density at radius 1 is 1.43 bits per heavy atom. The van der Waals surface area contributed by atoms with Gasteiger partial charge in [0.15, 0.2) is 12.4 Å². The van der Waals surface area contributed by atoms with E-state index in [1.807, 2.05) is 6.07 Å². The van der Waals surface area contributed by atoms with Gasteiger partial charge >= 0.3 is 5.69 Å². The Bertz CT molecular complexity index is 720. The van der Waals surface area contributed by atoms with Crippen LogP contribution in [0.3, 0.4) is 0 Å². The zero-order valence-corrected chi connectivity index (χ0v) is 11.4. The number of carbonyl (C=O) groups excluding carboxylic acids is 1. The summed E-state index contributed by atoms with van der Waals surface area (Å²) in [6, 6.07) is 9.32. The Morgan fingerprint density at radius 3 is 2.90 bits per heavy atom. The molecule has 2 aromatic rings. The maximum Gasteiger partial charge on any atom is 0.310 e. The molecule has 0 unspecified atom stereocenters. The van der Waals surface area contributed by atoms with E-state index in [1.54, 1.807) is 17.5 Å². The van der Waals surface area contributed by atoms with Gasteiger partial charge in [-0.1, -0.05) is 12.1 Å². The molecule has 0 atom stereocenters. The van der Waals surface area contributed by atoms with E-state index in [4.69, 9.17) is 10.00 Å². The topological polar surface area (TPSA) is 105 Å². The van der Waals surface area contributed by atoms with Crippen LogP contribution in [0.25, 0.3) is 0 Å². The van der Waals surface area contributed by atoms with Gasteiger partial charge in [0.1, 0.15) is 11.1 Å². The first-order valence-corrected chi connectivity index (χ1v) is 6.63. The van der Waals surface area contributed by atoms with Crippen LogP contribution in [0.5, 0.6) is 5.75 Å². The summed E-state index contributed by atoms with van der Waals surface area (Å²) in [6.07, 6.45) is 0. The summed E-state index contributed by atoms with van der Waals surface area (Å²) < 4.78 is 5.15. The van der Waals surface area contributed by atoms with Gasteiger partial charge in [-0.05, 0) is 17.5 Å². The minimum atomic E-state index is -0.583. The lowest BCUT2D eigenvalue weighted by molar-refractivity contribution is -0.385. The number of nitrogens with one attached hydrogen (secondary N) is 1. The Labute approximate surface area is 123 Å². The normalized spacial score (nSPS) is 9.67. The fourth-order valence-electron chi connectivity index (χ4n) is 1.53. The van der Waals surface area contributed by atoms with E-state index < -0.39 is 10.8 Å². The van der Waals surface area contributed by atoms with Crippen molar-refractivity contribution in [3.05, 3.63) is 51.4 Å². The van der Waals surface area contributed by atoms with Gasteiger partial charge in [0.05, 0.1) is 10.5 Å². The van der Waals surface area contributed by atoms with Crippen LogP contribution >= 0.6 is 11.3 Å². The van der Waals surface area contributed by atoms with Gasteiger partial charge in [-0.15, -0.1) is 11.3 Å². The smallest absolute Gasteiger partial charge is 0.310 e. The Kier molecular flexibility index (Phi) is 4.48. The largest absolute Gasteiger partial charge is 0.477 e. The first-order chi connectivity index (χ1) is 10.1. The number of anilines is 1. The lowest BCUT2D eigenvalue weighted by atomic mass is 10.3. The summed E-state index contributed by atoms with van der Waals surface area (Å²) in [4.78, 5) is 21.9. The highest BCUT2D eigenvalue weighted by Gasteiger charge is 2.15. The SMILES string of the molecule is N#Cc1ccsc1NC(=O)COc1ccccc1[N+](=O)[O-]. The Hall–Kier alpha value is -2.92. The molecule has 0 aliphatic heterocycles. The number of nitriles is 1. The third-order valence-electron chi connectivity index (χ3n) is 2.46. The van der Waals surface area contributed by atoms with Crippen LogP contribution < -0.4 is 10.1 Å². The third-order valence-corrected chi connectivity index (χ3v) is 3.29. The van der Waals surface area contributed by atoms with Gasteiger partial charge in [0, 0.05) is 6.07 Å². The second-order valence-electron chi connectivity index (χ2n) is 3.84. The molecular weight excluding hydrogens is 294 g/mol. The highest BCUT2D eigenvalue weighted by atomic mass is 32.1. The maximum absolute atomic E-state index is 11.7. The highest BCUT2D eigenvalue weighted by Crippen LogP contribution is 2.26. The van der Waals surface area contributed by atoms with E-state index >= 15 is 0 Å². The summed E-state index contributed by atoms with van der Waals surface area (Å²) in [7, 11) is 0. The number of ether oxygens (including phenoxy) is 1. The number of para-hydroxylation sites is 2. The number of nitrogens with zero attached hydrogens (tertiary/aromatic N) is 2. The van der Waals surface area contributed by atoms with Crippen molar-refractivity contribution in [1.29, 1.82) is 5.26 Å². The molecule has 7 nitrogen and oxygen atoms in total. The van der Waals surface area contributed by atoms with Crippen molar-refractivity contribution in [2.75, 3.05) is 11.9 Å². The van der Waals surface area contributed by atoms with Crippen molar-refractivity contribution in [3.63, 3.8) is 0 Å². The lowest BCUT2D eigenvalue weighted by Crippen LogP contribution is -2.20. The van der Waals surface area contributed by atoms with Gasteiger partial charge in [-0.3, -0.25) is 14.9 Å². The van der Waals surface area contributed by atoms with Crippen molar-refractivity contribution in [1.82, 2.24) is 0 Å².